The van der Waals surface area contributed by atoms with Crippen molar-refractivity contribution in [2.45, 2.75) is 31.1 Å². The molecule has 1 atom stereocenters. The molecule has 1 saturated heterocycles. The number of benzene rings is 1. The SMILES string of the molecule is CC1CCCN(S(=O)(=O)c2c(N)cccc2F)CC1. The topological polar surface area (TPSA) is 63.4 Å². The van der Waals surface area contributed by atoms with Crippen molar-refractivity contribution in [3.8, 4) is 0 Å². The van der Waals surface area contributed by atoms with E-state index in [1.165, 1.54) is 16.4 Å². The molecule has 1 fully saturated rings. The first-order valence-electron chi connectivity index (χ1n) is 6.47. The number of halogens is 1. The Kier molecular flexibility index (Phi) is 4.10. The largest absolute Gasteiger partial charge is 0.398 e. The van der Waals surface area contributed by atoms with Gasteiger partial charge in [-0.25, -0.2) is 12.8 Å². The van der Waals surface area contributed by atoms with Crippen LogP contribution in [0.25, 0.3) is 0 Å². The van der Waals surface area contributed by atoms with Gasteiger partial charge in [-0.15, -0.1) is 0 Å². The Hall–Kier alpha value is -1.14. The van der Waals surface area contributed by atoms with Gasteiger partial charge in [-0.05, 0) is 37.3 Å². The molecular formula is C13H19FN2O2S. The minimum Gasteiger partial charge on any atom is -0.398 e. The van der Waals surface area contributed by atoms with E-state index in [2.05, 4.69) is 6.92 Å². The van der Waals surface area contributed by atoms with Crippen LogP contribution in [0.15, 0.2) is 23.1 Å². The summed E-state index contributed by atoms with van der Waals surface area (Å²) >= 11 is 0. The number of nitrogen functional groups attached to an aromatic ring is 1. The van der Waals surface area contributed by atoms with Crippen LogP contribution in [0.4, 0.5) is 10.1 Å². The van der Waals surface area contributed by atoms with Gasteiger partial charge in [0.25, 0.3) is 0 Å². The Morgan fingerprint density at radius 3 is 2.74 bits per heavy atom. The normalized spacial score (nSPS) is 22.1. The highest BCUT2D eigenvalue weighted by Gasteiger charge is 2.30. The smallest absolute Gasteiger partial charge is 0.248 e. The molecule has 0 amide bonds. The van der Waals surface area contributed by atoms with Crippen LogP contribution >= 0.6 is 0 Å². The third kappa shape index (κ3) is 2.90. The lowest BCUT2D eigenvalue weighted by atomic mass is 10.0. The van der Waals surface area contributed by atoms with Crippen LogP contribution in [0.3, 0.4) is 0 Å². The van der Waals surface area contributed by atoms with E-state index in [0.717, 1.165) is 25.3 Å². The average Bonchev–Trinajstić information content (AvgIpc) is 2.53. The predicted octanol–water partition coefficient (Wildman–Crippen LogP) is 2.22. The van der Waals surface area contributed by atoms with Gasteiger partial charge >= 0.3 is 0 Å². The summed E-state index contributed by atoms with van der Waals surface area (Å²) in [7, 11) is -3.84. The number of rotatable bonds is 2. The van der Waals surface area contributed by atoms with Crippen molar-refractivity contribution < 1.29 is 12.8 Å². The van der Waals surface area contributed by atoms with E-state index >= 15 is 0 Å². The molecule has 1 aromatic rings. The van der Waals surface area contributed by atoms with Crippen molar-refractivity contribution >= 4 is 15.7 Å². The van der Waals surface area contributed by atoms with E-state index < -0.39 is 15.8 Å². The second-order valence-corrected chi connectivity index (χ2v) is 6.97. The fourth-order valence-electron chi connectivity index (χ4n) is 2.40. The van der Waals surface area contributed by atoms with Crippen molar-refractivity contribution in [2.24, 2.45) is 5.92 Å². The van der Waals surface area contributed by atoms with E-state index in [-0.39, 0.29) is 10.6 Å². The summed E-state index contributed by atoms with van der Waals surface area (Å²) in [6, 6.07) is 3.95. The Bertz CT molecular complexity index is 540. The molecule has 1 heterocycles. The molecule has 0 aromatic heterocycles. The van der Waals surface area contributed by atoms with Gasteiger partial charge < -0.3 is 5.73 Å². The van der Waals surface area contributed by atoms with Crippen LogP contribution in [0.1, 0.15) is 26.2 Å². The van der Waals surface area contributed by atoms with E-state index in [1.807, 2.05) is 0 Å². The van der Waals surface area contributed by atoms with Crippen molar-refractivity contribution in [1.29, 1.82) is 0 Å². The maximum absolute atomic E-state index is 13.8. The molecule has 1 unspecified atom stereocenters. The molecule has 6 heteroatoms. The van der Waals surface area contributed by atoms with Crippen LogP contribution in [-0.4, -0.2) is 25.8 Å². The Labute approximate surface area is 113 Å². The van der Waals surface area contributed by atoms with Crippen molar-refractivity contribution in [3.63, 3.8) is 0 Å². The monoisotopic (exact) mass is 286 g/mol. The van der Waals surface area contributed by atoms with Crippen molar-refractivity contribution in [3.05, 3.63) is 24.0 Å². The molecule has 1 aromatic carbocycles. The molecule has 0 bridgehead atoms. The van der Waals surface area contributed by atoms with E-state index in [1.54, 1.807) is 0 Å². The maximum Gasteiger partial charge on any atom is 0.248 e. The van der Waals surface area contributed by atoms with Gasteiger partial charge in [-0.2, -0.15) is 4.31 Å². The fraction of sp³-hybridized carbons (Fsp3) is 0.538. The third-order valence-corrected chi connectivity index (χ3v) is 5.56. The van der Waals surface area contributed by atoms with Gasteiger partial charge in [0.2, 0.25) is 10.0 Å². The summed E-state index contributed by atoms with van der Waals surface area (Å²) in [6.45, 7) is 2.96. The van der Waals surface area contributed by atoms with Crippen LogP contribution in [0.5, 0.6) is 0 Å². The molecular weight excluding hydrogens is 267 g/mol. The Balaban J connectivity index is 2.37. The fourth-order valence-corrected chi connectivity index (χ4v) is 4.06. The molecule has 0 radical (unpaired) electrons. The van der Waals surface area contributed by atoms with Crippen molar-refractivity contribution in [1.82, 2.24) is 4.31 Å². The van der Waals surface area contributed by atoms with Gasteiger partial charge in [0.1, 0.15) is 10.7 Å². The van der Waals surface area contributed by atoms with E-state index in [9.17, 15) is 12.8 Å². The highest BCUT2D eigenvalue weighted by molar-refractivity contribution is 7.89. The van der Waals surface area contributed by atoms with Gasteiger partial charge in [-0.3, -0.25) is 0 Å². The van der Waals surface area contributed by atoms with Gasteiger partial charge in [0.05, 0.1) is 5.69 Å². The van der Waals surface area contributed by atoms with Crippen LogP contribution in [-0.2, 0) is 10.0 Å². The molecule has 0 saturated carbocycles. The first-order valence-corrected chi connectivity index (χ1v) is 7.91. The van der Waals surface area contributed by atoms with Crippen molar-refractivity contribution in [2.75, 3.05) is 18.8 Å². The highest BCUT2D eigenvalue weighted by atomic mass is 32.2. The average molecular weight is 286 g/mol. The quantitative estimate of drug-likeness (QED) is 0.848. The summed E-state index contributed by atoms with van der Waals surface area (Å²) in [5.74, 6) is -0.282. The van der Waals surface area contributed by atoms with Crippen LogP contribution in [0.2, 0.25) is 0 Å². The number of hydrogen-bond acceptors (Lipinski definition) is 3. The predicted molar refractivity (Wildman–Crippen MR) is 72.6 cm³/mol. The lowest BCUT2D eigenvalue weighted by Gasteiger charge is -2.21. The second kappa shape index (κ2) is 5.46. The minimum absolute atomic E-state index is 0.0303. The van der Waals surface area contributed by atoms with Gasteiger partial charge in [0, 0.05) is 13.1 Å². The van der Waals surface area contributed by atoms with Crippen LogP contribution < -0.4 is 5.73 Å². The minimum atomic E-state index is -3.84. The zero-order chi connectivity index (χ0) is 14.0. The number of anilines is 1. The number of hydrogen-bond donors (Lipinski definition) is 1. The molecule has 106 valence electrons. The molecule has 0 spiro atoms. The van der Waals surface area contributed by atoms with E-state index in [4.69, 9.17) is 5.73 Å². The summed E-state index contributed by atoms with van der Waals surface area (Å²) in [5, 5.41) is 0. The second-order valence-electron chi connectivity index (χ2n) is 5.10. The lowest BCUT2D eigenvalue weighted by molar-refractivity contribution is 0.413. The molecule has 4 nitrogen and oxygen atoms in total. The first kappa shape index (κ1) is 14.3. The number of sulfonamides is 1. The third-order valence-electron chi connectivity index (χ3n) is 3.57. The molecule has 0 aliphatic carbocycles. The Morgan fingerprint density at radius 1 is 1.32 bits per heavy atom. The van der Waals surface area contributed by atoms with Crippen LogP contribution in [0, 0.1) is 11.7 Å². The number of nitrogens with zero attached hydrogens (tertiary/aromatic N) is 1. The standard InChI is InChI=1S/C13H19FN2O2S/c1-10-4-3-8-16(9-7-10)19(17,18)13-11(14)5-2-6-12(13)15/h2,5-6,10H,3-4,7-9,15H2,1H3. The lowest BCUT2D eigenvalue weighted by Crippen LogP contribution is -2.33. The Morgan fingerprint density at radius 2 is 2.05 bits per heavy atom. The molecule has 1 aliphatic rings. The first-order chi connectivity index (χ1) is 8.93. The molecule has 1 aliphatic heterocycles. The molecule has 19 heavy (non-hydrogen) atoms. The summed E-state index contributed by atoms with van der Waals surface area (Å²) in [5.41, 5.74) is 5.60. The highest BCUT2D eigenvalue weighted by Crippen LogP contribution is 2.28. The van der Waals surface area contributed by atoms with E-state index in [0.29, 0.717) is 19.0 Å². The summed E-state index contributed by atoms with van der Waals surface area (Å²) in [4.78, 5) is -0.385. The number of nitrogens with two attached hydrogens (primary N) is 1. The molecule has 2 N–H and O–H groups in total. The molecule has 2 rings (SSSR count). The summed E-state index contributed by atoms with van der Waals surface area (Å²) in [6.07, 6.45) is 2.60. The zero-order valence-corrected chi connectivity index (χ0v) is 11.8. The maximum atomic E-state index is 13.8. The van der Waals surface area contributed by atoms with Gasteiger partial charge in [-0.1, -0.05) is 13.0 Å². The zero-order valence-electron chi connectivity index (χ0n) is 11.0. The van der Waals surface area contributed by atoms with Gasteiger partial charge in [0.15, 0.2) is 0 Å². The summed E-state index contributed by atoms with van der Waals surface area (Å²) < 4.78 is 40.1.